The van der Waals surface area contributed by atoms with Crippen molar-refractivity contribution in [2.75, 3.05) is 30.4 Å². The number of carbonyl (C=O) groups is 1. The van der Waals surface area contributed by atoms with E-state index in [4.69, 9.17) is 4.74 Å². The van der Waals surface area contributed by atoms with Crippen molar-refractivity contribution < 1.29 is 9.53 Å². The Balaban J connectivity index is 2.05. The average Bonchev–Trinajstić information content (AvgIpc) is 2.57. The van der Waals surface area contributed by atoms with Gasteiger partial charge in [0.05, 0.1) is 7.11 Å². The predicted molar refractivity (Wildman–Crippen MR) is 86.5 cm³/mol. The van der Waals surface area contributed by atoms with E-state index in [2.05, 4.69) is 34.3 Å². The smallest absolute Gasteiger partial charge is 0.276 e. The summed E-state index contributed by atoms with van der Waals surface area (Å²) >= 11 is 0. The number of hydrogen-bond acceptors (Lipinski definition) is 5. The first-order valence-electron chi connectivity index (χ1n) is 7.22. The quantitative estimate of drug-likeness (QED) is 0.888. The monoisotopic (exact) mass is 300 g/mol. The largest absolute Gasteiger partial charge is 0.497 e. The molecule has 0 saturated heterocycles. The van der Waals surface area contributed by atoms with Gasteiger partial charge < -0.3 is 15.0 Å². The van der Waals surface area contributed by atoms with Crippen molar-refractivity contribution in [3.8, 4) is 5.75 Å². The van der Waals surface area contributed by atoms with Crippen molar-refractivity contribution in [2.45, 2.75) is 13.8 Å². The number of benzene rings is 1. The number of methoxy groups -OCH3 is 1. The molecule has 6 nitrogen and oxygen atoms in total. The third-order valence-electron chi connectivity index (χ3n) is 3.32. The maximum Gasteiger partial charge on any atom is 0.276 e. The Morgan fingerprint density at radius 1 is 1.09 bits per heavy atom. The number of nitrogens with one attached hydrogen (secondary N) is 1. The molecule has 6 heteroatoms. The first-order valence-corrected chi connectivity index (χ1v) is 7.22. The maximum atomic E-state index is 12.1. The van der Waals surface area contributed by atoms with E-state index in [1.807, 2.05) is 6.07 Å². The number of anilines is 2. The molecule has 0 aliphatic heterocycles. The lowest BCUT2D eigenvalue weighted by Crippen LogP contribution is -2.24. The van der Waals surface area contributed by atoms with E-state index in [0.717, 1.165) is 24.7 Å². The van der Waals surface area contributed by atoms with Crippen LogP contribution in [0, 0.1) is 0 Å². The van der Waals surface area contributed by atoms with Crippen molar-refractivity contribution in [3.05, 3.63) is 42.1 Å². The van der Waals surface area contributed by atoms with Gasteiger partial charge >= 0.3 is 0 Å². The van der Waals surface area contributed by atoms with Gasteiger partial charge in [-0.1, -0.05) is 0 Å². The highest BCUT2D eigenvalue weighted by molar-refractivity contribution is 6.02. The second-order valence-corrected chi connectivity index (χ2v) is 4.63. The van der Waals surface area contributed by atoms with E-state index in [1.54, 1.807) is 37.4 Å². The molecule has 0 aliphatic carbocycles. The molecule has 1 aromatic carbocycles. The van der Waals surface area contributed by atoms with Gasteiger partial charge in [0.2, 0.25) is 0 Å². The number of nitrogens with zero attached hydrogens (tertiary/aromatic N) is 3. The van der Waals surface area contributed by atoms with E-state index in [9.17, 15) is 4.79 Å². The van der Waals surface area contributed by atoms with Crippen molar-refractivity contribution in [1.82, 2.24) is 10.2 Å². The highest BCUT2D eigenvalue weighted by Crippen LogP contribution is 2.16. The van der Waals surface area contributed by atoms with Crippen LogP contribution in [0.2, 0.25) is 0 Å². The van der Waals surface area contributed by atoms with Crippen LogP contribution >= 0.6 is 0 Å². The highest BCUT2D eigenvalue weighted by Gasteiger charge is 2.10. The zero-order valence-electron chi connectivity index (χ0n) is 13.0. The fourth-order valence-corrected chi connectivity index (χ4v) is 2.03. The molecule has 1 N–H and O–H groups in total. The summed E-state index contributed by atoms with van der Waals surface area (Å²) in [5, 5.41) is 10.9. The van der Waals surface area contributed by atoms with Crippen molar-refractivity contribution in [1.29, 1.82) is 0 Å². The van der Waals surface area contributed by atoms with Crippen LogP contribution < -0.4 is 15.0 Å². The average molecular weight is 300 g/mol. The molecule has 22 heavy (non-hydrogen) atoms. The van der Waals surface area contributed by atoms with Gasteiger partial charge in [-0.3, -0.25) is 4.79 Å². The molecule has 0 fully saturated rings. The van der Waals surface area contributed by atoms with Crippen LogP contribution in [0.4, 0.5) is 11.5 Å². The molecule has 0 saturated carbocycles. The minimum absolute atomic E-state index is 0.284. The molecule has 2 aromatic rings. The minimum atomic E-state index is -0.288. The van der Waals surface area contributed by atoms with Crippen LogP contribution in [0.5, 0.6) is 5.75 Å². The van der Waals surface area contributed by atoms with Crippen LogP contribution in [-0.2, 0) is 0 Å². The summed E-state index contributed by atoms with van der Waals surface area (Å²) in [7, 11) is 1.60. The normalized spacial score (nSPS) is 10.1. The summed E-state index contributed by atoms with van der Waals surface area (Å²) in [6.45, 7) is 5.80. The Kier molecular flexibility index (Phi) is 5.30. The van der Waals surface area contributed by atoms with E-state index >= 15 is 0 Å². The van der Waals surface area contributed by atoms with Crippen molar-refractivity contribution >= 4 is 17.4 Å². The van der Waals surface area contributed by atoms with Gasteiger partial charge in [-0.2, -0.15) is 0 Å². The Hall–Kier alpha value is -2.63. The van der Waals surface area contributed by atoms with Crippen LogP contribution in [-0.4, -0.2) is 36.3 Å². The zero-order valence-corrected chi connectivity index (χ0v) is 13.0. The SMILES string of the molecule is CCN(CC)c1ccc(C(=O)Nc2ccc(OC)cc2)nn1. The summed E-state index contributed by atoms with van der Waals surface area (Å²) < 4.78 is 5.08. The zero-order chi connectivity index (χ0) is 15.9. The second-order valence-electron chi connectivity index (χ2n) is 4.63. The highest BCUT2D eigenvalue weighted by atomic mass is 16.5. The number of carbonyl (C=O) groups excluding carboxylic acids is 1. The first-order chi connectivity index (χ1) is 10.7. The standard InChI is InChI=1S/C16H20N4O2/c1-4-20(5-2)15-11-10-14(18-19-15)16(21)17-12-6-8-13(22-3)9-7-12/h6-11H,4-5H2,1-3H3,(H,17,21). The van der Waals surface area contributed by atoms with E-state index < -0.39 is 0 Å². The van der Waals surface area contributed by atoms with Crippen LogP contribution in [0.15, 0.2) is 36.4 Å². The summed E-state index contributed by atoms with van der Waals surface area (Å²) in [6, 6.07) is 10.6. The molecule has 116 valence electrons. The fraction of sp³-hybridized carbons (Fsp3) is 0.312. The molecule has 0 bridgehead atoms. The molecule has 0 unspecified atom stereocenters. The number of aromatic nitrogens is 2. The third-order valence-corrected chi connectivity index (χ3v) is 3.32. The number of ether oxygens (including phenoxy) is 1. The molecule has 1 aromatic heterocycles. The van der Waals surface area contributed by atoms with E-state index in [1.165, 1.54) is 0 Å². The molecule has 1 amide bonds. The fourth-order valence-electron chi connectivity index (χ4n) is 2.03. The summed E-state index contributed by atoms with van der Waals surface area (Å²) in [6.07, 6.45) is 0. The van der Waals surface area contributed by atoms with Crippen LogP contribution in [0.1, 0.15) is 24.3 Å². The second kappa shape index (κ2) is 7.40. The first kappa shape index (κ1) is 15.8. The topological polar surface area (TPSA) is 67.4 Å². The van der Waals surface area contributed by atoms with Gasteiger partial charge in [0.15, 0.2) is 11.5 Å². The maximum absolute atomic E-state index is 12.1. The Morgan fingerprint density at radius 2 is 1.77 bits per heavy atom. The van der Waals surface area contributed by atoms with E-state index in [-0.39, 0.29) is 11.6 Å². The molecule has 0 aliphatic rings. The lowest BCUT2D eigenvalue weighted by molar-refractivity contribution is 0.102. The molecule has 0 radical (unpaired) electrons. The van der Waals surface area contributed by atoms with E-state index in [0.29, 0.717) is 5.69 Å². The van der Waals surface area contributed by atoms with Gasteiger partial charge in [0.25, 0.3) is 5.91 Å². The van der Waals surface area contributed by atoms with Crippen molar-refractivity contribution in [2.24, 2.45) is 0 Å². The van der Waals surface area contributed by atoms with Crippen LogP contribution in [0.25, 0.3) is 0 Å². The molecular weight excluding hydrogens is 280 g/mol. The molecule has 2 rings (SSSR count). The van der Waals surface area contributed by atoms with Gasteiger partial charge in [0.1, 0.15) is 5.75 Å². The molecular formula is C16H20N4O2. The van der Waals surface area contributed by atoms with Gasteiger partial charge in [-0.05, 0) is 50.2 Å². The summed E-state index contributed by atoms with van der Waals surface area (Å²) in [5.74, 6) is 1.22. The number of amides is 1. The lowest BCUT2D eigenvalue weighted by Gasteiger charge is -2.18. The Bertz CT molecular complexity index is 607. The number of hydrogen-bond donors (Lipinski definition) is 1. The Morgan fingerprint density at radius 3 is 2.27 bits per heavy atom. The van der Waals surface area contributed by atoms with Gasteiger partial charge in [-0.25, -0.2) is 0 Å². The molecule has 1 heterocycles. The number of rotatable bonds is 6. The summed E-state index contributed by atoms with van der Waals surface area (Å²) in [4.78, 5) is 14.2. The lowest BCUT2D eigenvalue weighted by atomic mass is 10.3. The molecule has 0 spiro atoms. The van der Waals surface area contributed by atoms with Gasteiger partial charge in [0, 0.05) is 18.8 Å². The molecule has 0 atom stereocenters. The Labute approximate surface area is 130 Å². The summed E-state index contributed by atoms with van der Waals surface area (Å²) in [5.41, 5.74) is 0.965. The van der Waals surface area contributed by atoms with Crippen molar-refractivity contribution in [3.63, 3.8) is 0 Å². The minimum Gasteiger partial charge on any atom is -0.497 e. The van der Waals surface area contributed by atoms with Gasteiger partial charge in [-0.15, -0.1) is 10.2 Å². The third kappa shape index (κ3) is 3.72. The predicted octanol–water partition coefficient (Wildman–Crippen LogP) is 2.58. The van der Waals surface area contributed by atoms with Crippen LogP contribution in [0.3, 0.4) is 0 Å².